The highest BCUT2D eigenvalue weighted by atomic mass is 19.1. The van der Waals surface area contributed by atoms with E-state index in [0.29, 0.717) is 6.61 Å². The minimum absolute atomic E-state index is 0.00383. The molecular formula is C14H20BFN4O6. The molecule has 2 aromatic heterocycles. The average molecular weight is 370 g/mol. The van der Waals surface area contributed by atoms with Crippen molar-refractivity contribution in [1.82, 2.24) is 14.5 Å². The lowest BCUT2D eigenvalue weighted by Crippen LogP contribution is -2.40. The summed E-state index contributed by atoms with van der Waals surface area (Å²) < 4.78 is 21.8. The molecule has 4 atom stereocenters. The molecule has 1 fully saturated rings. The van der Waals surface area contributed by atoms with Gasteiger partial charge in [0.15, 0.2) is 17.7 Å². The molecule has 26 heavy (non-hydrogen) atoms. The third-order valence-electron chi connectivity index (χ3n) is 4.38. The number of nitrogens with zero attached hydrogens (tertiary/aromatic N) is 3. The third kappa shape index (κ3) is 2.94. The lowest BCUT2D eigenvalue weighted by atomic mass is 9.80. The van der Waals surface area contributed by atoms with Gasteiger partial charge in [-0.25, -0.2) is 19.8 Å². The molecule has 1 aliphatic heterocycles. The van der Waals surface area contributed by atoms with Crippen LogP contribution in [-0.4, -0.2) is 73.0 Å². The summed E-state index contributed by atoms with van der Waals surface area (Å²) in [5.74, 6) is 0.163. The molecule has 10 nitrogen and oxygen atoms in total. The number of ether oxygens (including phenoxy) is 1. The van der Waals surface area contributed by atoms with E-state index >= 15 is 4.39 Å². The van der Waals surface area contributed by atoms with Gasteiger partial charge in [0.2, 0.25) is 0 Å². The van der Waals surface area contributed by atoms with Crippen molar-refractivity contribution in [2.24, 2.45) is 0 Å². The van der Waals surface area contributed by atoms with Gasteiger partial charge in [0.05, 0.1) is 18.6 Å². The van der Waals surface area contributed by atoms with E-state index in [4.69, 9.17) is 9.57 Å². The van der Waals surface area contributed by atoms with Crippen molar-refractivity contribution >= 4 is 29.4 Å². The molecule has 0 saturated carbocycles. The van der Waals surface area contributed by atoms with Gasteiger partial charge in [0.25, 0.3) is 0 Å². The number of halogens is 1. The van der Waals surface area contributed by atoms with E-state index in [-0.39, 0.29) is 22.3 Å². The van der Waals surface area contributed by atoms with Crippen molar-refractivity contribution in [1.29, 1.82) is 0 Å². The van der Waals surface area contributed by atoms with Gasteiger partial charge in [-0.05, 0) is 13.8 Å². The maximum atomic E-state index is 15.1. The predicted octanol–water partition coefficient (Wildman–Crippen LogP) is -1.55. The number of anilines is 1. The molecule has 0 bridgehead atoms. The Morgan fingerprint density at radius 3 is 2.77 bits per heavy atom. The highest BCUT2D eigenvalue weighted by Gasteiger charge is 2.55. The molecule has 3 rings (SSSR count). The van der Waals surface area contributed by atoms with Gasteiger partial charge in [0.1, 0.15) is 24.2 Å². The lowest BCUT2D eigenvalue weighted by Gasteiger charge is -2.25. The number of aliphatic hydroxyl groups excluding tert-OH is 2. The maximum absolute atomic E-state index is 15.1. The average Bonchev–Trinajstić information content (AvgIpc) is 3.09. The van der Waals surface area contributed by atoms with Crippen molar-refractivity contribution in [3.05, 3.63) is 12.5 Å². The summed E-state index contributed by atoms with van der Waals surface area (Å²) in [5.41, 5.74) is 0.468. The summed E-state index contributed by atoms with van der Waals surface area (Å²) in [6.07, 6.45) is -1.59. The first-order valence-corrected chi connectivity index (χ1v) is 8.05. The zero-order valence-corrected chi connectivity index (χ0v) is 14.2. The molecule has 0 amide bonds. The van der Waals surface area contributed by atoms with E-state index in [9.17, 15) is 20.3 Å². The minimum Gasteiger partial charge on any atom is -0.423 e. The van der Waals surface area contributed by atoms with Crippen molar-refractivity contribution in [2.75, 3.05) is 18.7 Å². The normalized spacial score (nSPS) is 28.7. The van der Waals surface area contributed by atoms with Crippen molar-refractivity contribution < 1.29 is 34.2 Å². The number of nitrogens with one attached hydrogen (secondary N) is 1. The number of rotatable bonds is 6. The summed E-state index contributed by atoms with van der Waals surface area (Å²) >= 11 is 0. The Labute approximate surface area is 148 Å². The van der Waals surface area contributed by atoms with Crippen LogP contribution in [0.5, 0.6) is 0 Å². The fourth-order valence-electron chi connectivity index (χ4n) is 3.07. The van der Waals surface area contributed by atoms with Gasteiger partial charge in [-0.1, -0.05) is 0 Å². The van der Waals surface area contributed by atoms with Gasteiger partial charge in [0, 0.05) is 11.7 Å². The summed E-state index contributed by atoms with van der Waals surface area (Å²) in [6.45, 7) is 2.63. The molecule has 0 unspecified atom stereocenters. The molecule has 142 valence electrons. The van der Waals surface area contributed by atoms with E-state index in [1.165, 1.54) is 17.1 Å². The van der Waals surface area contributed by atoms with Crippen molar-refractivity contribution in [2.45, 2.75) is 38.0 Å². The van der Waals surface area contributed by atoms with E-state index in [0.717, 1.165) is 6.92 Å². The van der Waals surface area contributed by atoms with E-state index in [2.05, 4.69) is 15.4 Å². The molecule has 0 radical (unpaired) electrons. The van der Waals surface area contributed by atoms with Crippen molar-refractivity contribution in [3.8, 4) is 0 Å². The standard InChI is InChI=1S/C14H20BFN4O6/c1-3-25-19-11-9-7(15(23)24)4-20(12(9)18-6-17-11)13-14(2,16)10(22)8(5-21)26-13/h4,6,8,10,13,21-24H,3,5H2,1-2H3,(H,17,18,19)/t8-,10-,13-,14-/m1/s1. The molecular weight excluding hydrogens is 350 g/mol. The molecule has 0 spiro atoms. The first-order chi connectivity index (χ1) is 12.3. The second-order valence-corrected chi connectivity index (χ2v) is 6.13. The van der Waals surface area contributed by atoms with Crippen LogP contribution in [0.25, 0.3) is 11.0 Å². The van der Waals surface area contributed by atoms with Crippen LogP contribution >= 0.6 is 0 Å². The molecule has 3 heterocycles. The number of aliphatic hydroxyl groups is 2. The van der Waals surface area contributed by atoms with E-state index in [1.54, 1.807) is 6.92 Å². The summed E-state index contributed by atoms with van der Waals surface area (Å²) in [5, 5.41) is 39.0. The number of aromatic nitrogens is 3. The second-order valence-electron chi connectivity index (χ2n) is 6.13. The zero-order valence-electron chi connectivity index (χ0n) is 14.2. The monoisotopic (exact) mass is 370 g/mol. The van der Waals surface area contributed by atoms with Crippen molar-refractivity contribution in [3.63, 3.8) is 0 Å². The molecule has 0 aliphatic carbocycles. The van der Waals surface area contributed by atoms with Gasteiger partial charge in [-0.3, -0.25) is 4.84 Å². The van der Waals surface area contributed by atoms with E-state index < -0.39 is 37.8 Å². The topological polar surface area (TPSA) is 142 Å². The maximum Gasteiger partial charge on any atom is 0.490 e. The van der Waals surface area contributed by atoms with Gasteiger partial charge < -0.3 is 29.6 Å². The number of hydrogen-bond acceptors (Lipinski definition) is 9. The molecule has 1 aliphatic rings. The fourth-order valence-corrected chi connectivity index (χ4v) is 3.07. The Balaban J connectivity index is 2.16. The first kappa shape index (κ1) is 19.0. The minimum atomic E-state index is -2.25. The number of fused-ring (bicyclic) bond motifs is 1. The van der Waals surface area contributed by atoms with Gasteiger partial charge >= 0.3 is 7.12 Å². The quantitative estimate of drug-likeness (QED) is 0.302. The highest BCUT2D eigenvalue weighted by Crippen LogP contribution is 2.42. The third-order valence-corrected chi connectivity index (χ3v) is 4.38. The molecule has 1 saturated heterocycles. The predicted molar refractivity (Wildman–Crippen MR) is 89.1 cm³/mol. The number of hydrogen-bond donors (Lipinski definition) is 5. The summed E-state index contributed by atoms with van der Waals surface area (Å²) in [6, 6.07) is 0. The summed E-state index contributed by atoms with van der Waals surface area (Å²) in [7, 11) is -1.89. The smallest absolute Gasteiger partial charge is 0.423 e. The van der Waals surface area contributed by atoms with Crippen LogP contribution in [0.2, 0.25) is 0 Å². The van der Waals surface area contributed by atoms with E-state index in [1.807, 2.05) is 0 Å². The highest BCUT2D eigenvalue weighted by molar-refractivity contribution is 6.62. The van der Waals surface area contributed by atoms with Crippen LogP contribution in [0, 0.1) is 0 Å². The zero-order chi connectivity index (χ0) is 19.1. The van der Waals surface area contributed by atoms with Crippen LogP contribution < -0.4 is 10.9 Å². The molecule has 0 aromatic carbocycles. The van der Waals surface area contributed by atoms with Gasteiger partial charge in [-0.15, -0.1) is 0 Å². The Kier molecular flexibility index (Phi) is 5.15. The van der Waals surface area contributed by atoms with Gasteiger partial charge in [-0.2, -0.15) is 0 Å². The van der Waals surface area contributed by atoms with Crippen LogP contribution in [0.1, 0.15) is 20.1 Å². The molecule has 12 heteroatoms. The fraction of sp³-hybridized carbons (Fsp3) is 0.571. The molecule has 2 aromatic rings. The largest absolute Gasteiger partial charge is 0.490 e. The van der Waals surface area contributed by atoms with Crippen LogP contribution in [0.15, 0.2) is 12.5 Å². The first-order valence-electron chi connectivity index (χ1n) is 8.05. The Hall–Kier alpha value is -1.83. The molecule has 5 N–H and O–H groups in total. The lowest BCUT2D eigenvalue weighted by molar-refractivity contribution is -0.0563. The van der Waals surface area contributed by atoms with Crippen LogP contribution in [-0.2, 0) is 9.57 Å². The second kappa shape index (κ2) is 7.06. The SMILES string of the molecule is CCONc1ncnc2c1c(B(O)O)cn2[C@@H]1O[C@H](CO)[C@@H](O)[C@@]1(C)F. The summed E-state index contributed by atoms with van der Waals surface area (Å²) in [4.78, 5) is 13.2. The van der Waals surface area contributed by atoms with Crippen LogP contribution in [0.4, 0.5) is 10.2 Å². The number of alkyl halides is 1. The Morgan fingerprint density at radius 1 is 1.46 bits per heavy atom. The van der Waals surface area contributed by atoms with Crippen LogP contribution in [0.3, 0.4) is 0 Å². The Bertz CT molecular complexity index is 788. The Morgan fingerprint density at radius 2 is 2.19 bits per heavy atom.